The Morgan fingerprint density at radius 1 is 1.32 bits per heavy atom. The summed E-state index contributed by atoms with van der Waals surface area (Å²) in [5.41, 5.74) is 1.72. The normalized spacial score (nSPS) is 26.4. The van der Waals surface area contributed by atoms with Crippen molar-refractivity contribution in [1.82, 2.24) is 10.6 Å². The number of hydrogen-bond acceptors (Lipinski definition) is 3. The maximum Gasteiger partial charge on any atom is 0.171 e. The zero-order chi connectivity index (χ0) is 15.9. The number of ether oxygens (including phenoxy) is 1. The zero-order valence-corrected chi connectivity index (χ0v) is 13.8. The Kier molecular flexibility index (Phi) is 3.68. The first kappa shape index (κ1) is 15.0. The predicted molar refractivity (Wildman–Crippen MR) is 89.6 cm³/mol. The Labute approximate surface area is 135 Å². The summed E-state index contributed by atoms with van der Waals surface area (Å²) in [5.74, 6) is 0.735. The number of methoxy groups -OCH3 is 1. The maximum atomic E-state index is 12.7. The van der Waals surface area contributed by atoms with Gasteiger partial charge in [0.05, 0.1) is 19.1 Å². The number of carbonyl (C=O) groups excluding carboxylic acids is 1. The van der Waals surface area contributed by atoms with Gasteiger partial charge >= 0.3 is 0 Å². The molecule has 0 aromatic heterocycles. The minimum Gasteiger partial charge on any atom is -0.496 e. The fraction of sp³-hybridized carbons (Fsp3) is 0.412. The molecular weight excluding hydrogens is 296 g/mol. The van der Waals surface area contributed by atoms with E-state index in [2.05, 4.69) is 30.6 Å². The summed E-state index contributed by atoms with van der Waals surface area (Å²) in [4.78, 5) is 12.7. The highest BCUT2D eigenvalue weighted by Crippen LogP contribution is 2.42. The minimum atomic E-state index is -0.254. The number of para-hydroxylation sites is 1. The van der Waals surface area contributed by atoms with E-state index >= 15 is 0 Å². The van der Waals surface area contributed by atoms with Gasteiger partial charge in [0.15, 0.2) is 5.11 Å². The van der Waals surface area contributed by atoms with Gasteiger partial charge in [0.2, 0.25) is 0 Å². The van der Waals surface area contributed by atoms with E-state index in [4.69, 9.17) is 17.0 Å². The number of Topliss-reactive ketones (excluding diaryl/α,β-unsaturated/α-hetero) is 1. The molecule has 1 fully saturated rings. The van der Waals surface area contributed by atoms with Gasteiger partial charge < -0.3 is 15.4 Å². The lowest BCUT2D eigenvalue weighted by molar-refractivity contribution is -0.125. The SMILES string of the molecule is COc1ccccc1[C@@H]1NC(=S)NC2=CC(C)(C)CC(=O)[C@H]21. The molecule has 2 N–H and O–H groups in total. The average Bonchev–Trinajstić information content (AvgIpc) is 2.44. The Morgan fingerprint density at radius 2 is 2.05 bits per heavy atom. The highest BCUT2D eigenvalue weighted by atomic mass is 32.1. The van der Waals surface area contributed by atoms with Gasteiger partial charge in [-0.3, -0.25) is 4.79 Å². The molecule has 4 nitrogen and oxygen atoms in total. The molecule has 22 heavy (non-hydrogen) atoms. The van der Waals surface area contributed by atoms with E-state index in [0.29, 0.717) is 11.5 Å². The van der Waals surface area contributed by atoms with Crippen LogP contribution < -0.4 is 15.4 Å². The van der Waals surface area contributed by atoms with Crippen molar-refractivity contribution in [3.63, 3.8) is 0 Å². The Bertz CT molecular complexity index is 666. The van der Waals surface area contributed by atoms with E-state index in [9.17, 15) is 4.79 Å². The molecule has 1 heterocycles. The predicted octanol–water partition coefficient (Wildman–Crippen LogP) is 2.71. The molecule has 2 atom stereocenters. The van der Waals surface area contributed by atoms with Crippen LogP contribution in [0.1, 0.15) is 31.9 Å². The van der Waals surface area contributed by atoms with Crippen LogP contribution in [0.5, 0.6) is 5.75 Å². The van der Waals surface area contributed by atoms with Crippen LogP contribution in [-0.4, -0.2) is 18.0 Å². The number of carbonyl (C=O) groups is 1. The molecule has 0 spiro atoms. The fourth-order valence-electron chi connectivity index (χ4n) is 3.35. The number of benzene rings is 1. The van der Waals surface area contributed by atoms with Gasteiger partial charge in [0.25, 0.3) is 0 Å². The first-order valence-electron chi connectivity index (χ1n) is 7.37. The van der Waals surface area contributed by atoms with Crippen molar-refractivity contribution in [3.05, 3.63) is 41.6 Å². The Hall–Kier alpha value is -1.88. The number of hydrogen-bond donors (Lipinski definition) is 2. The Morgan fingerprint density at radius 3 is 2.77 bits per heavy atom. The zero-order valence-electron chi connectivity index (χ0n) is 13.0. The van der Waals surface area contributed by atoms with Crippen molar-refractivity contribution in [2.24, 2.45) is 11.3 Å². The maximum absolute atomic E-state index is 12.7. The lowest BCUT2D eigenvalue weighted by atomic mass is 9.72. The van der Waals surface area contributed by atoms with Crippen LogP contribution in [-0.2, 0) is 4.79 Å². The first-order chi connectivity index (χ1) is 10.4. The van der Waals surface area contributed by atoms with Gasteiger partial charge in [-0.1, -0.05) is 38.1 Å². The number of fused-ring (bicyclic) bond motifs is 1. The fourth-order valence-corrected chi connectivity index (χ4v) is 3.59. The number of allylic oxidation sites excluding steroid dienone is 1. The van der Waals surface area contributed by atoms with Gasteiger partial charge in [-0.25, -0.2) is 0 Å². The summed E-state index contributed by atoms with van der Waals surface area (Å²) in [6, 6.07) is 7.56. The van der Waals surface area contributed by atoms with Gasteiger partial charge in [0.1, 0.15) is 11.5 Å². The molecule has 3 rings (SSSR count). The second kappa shape index (κ2) is 5.39. The quantitative estimate of drug-likeness (QED) is 0.822. The van der Waals surface area contributed by atoms with Crippen molar-refractivity contribution in [2.75, 3.05) is 7.11 Å². The number of thiocarbonyl (C=S) groups is 1. The Balaban J connectivity index is 2.08. The van der Waals surface area contributed by atoms with E-state index in [1.807, 2.05) is 24.3 Å². The minimum absolute atomic E-state index is 0.145. The number of ketones is 1. The second-order valence-electron chi connectivity index (χ2n) is 6.53. The highest BCUT2D eigenvalue weighted by Gasteiger charge is 2.43. The standard InChI is InChI=1S/C17H20N2O2S/c1-17(2)8-11-14(12(20)9-17)15(19-16(22)18-11)10-6-4-5-7-13(10)21-3/h4-8,14-15H,9H2,1-3H3,(H2,18,19,22)/t14-,15-/m0/s1. The number of nitrogens with one attached hydrogen (secondary N) is 2. The average molecular weight is 316 g/mol. The lowest BCUT2D eigenvalue weighted by Gasteiger charge is -2.41. The van der Waals surface area contributed by atoms with Crippen LogP contribution in [0.3, 0.4) is 0 Å². The molecule has 0 amide bonds. The molecule has 0 unspecified atom stereocenters. The van der Waals surface area contributed by atoms with Crippen molar-refractivity contribution in [1.29, 1.82) is 0 Å². The van der Waals surface area contributed by atoms with Crippen LogP contribution in [0, 0.1) is 11.3 Å². The third-order valence-corrected chi connectivity index (χ3v) is 4.43. The monoisotopic (exact) mass is 316 g/mol. The van der Waals surface area contributed by atoms with Crippen molar-refractivity contribution in [3.8, 4) is 5.75 Å². The molecule has 5 heteroatoms. The molecule has 1 aromatic rings. The molecule has 1 aliphatic heterocycles. The molecule has 1 saturated heterocycles. The van der Waals surface area contributed by atoms with Gasteiger partial charge in [-0.15, -0.1) is 0 Å². The largest absolute Gasteiger partial charge is 0.496 e. The molecular formula is C17H20N2O2S. The molecule has 0 radical (unpaired) electrons. The van der Waals surface area contributed by atoms with Crippen molar-refractivity contribution >= 4 is 23.1 Å². The van der Waals surface area contributed by atoms with Crippen LogP contribution in [0.4, 0.5) is 0 Å². The first-order valence-corrected chi connectivity index (χ1v) is 7.78. The summed E-state index contributed by atoms with van der Waals surface area (Å²) in [5, 5.41) is 6.95. The van der Waals surface area contributed by atoms with E-state index in [1.54, 1.807) is 7.11 Å². The summed E-state index contributed by atoms with van der Waals surface area (Å²) < 4.78 is 5.46. The van der Waals surface area contributed by atoms with Crippen LogP contribution >= 0.6 is 12.2 Å². The van der Waals surface area contributed by atoms with Crippen molar-refractivity contribution < 1.29 is 9.53 Å². The third kappa shape index (κ3) is 2.61. The molecule has 1 aliphatic carbocycles. The second-order valence-corrected chi connectivity index (χ2v) is 6.94. The molecule has 0 bridgehead atoms. The number of rotatable bonds is 2. The van der Waals surface area contributed by atoms with Gasteiger partial charge in [-0.05, 0) is 23.7 Å². The molecule has 1 aromatic carbocycles. The van der Waals surface area contributed by atoms with E-state index in [0.717, 1.165) is 17.0 Å². The van der Waals surface area contributed by atoms with Crippen LogP contribution in [0.2, 0.25) is 0 Å². The lowest BCUT2D eigenvalue weighted by Crippen LogP contribution is -2.53. The molecule has 0 saturated carbocycles. The molecule has 116 valence electrons. The molecule has 2 aliphatic rings. The third-order valence-electron chi connectivity index (χ3n) is 4.21. The topological polar surface area (TPSA) is 50.4 Å². The summed E-state index contributed by atoms with van der Waals surface area (Å²) in [6.07, 6.45) is 2.66. The van der Waals surface area contributed by atoms with E-state index in [1.165, 1.54) is 0 Å². The summed E-state index contributed by atoms with van der Waals surface area (Å²) in [6.45, 7) is 4.14. The summed E-state index contributed by atoms with van der Waals surface area (Å²) >= 11 is 5.33. The van der Waals surface area contributed by atoms with Gasteiger partial charge in [-0.2, -0.15) is 0 Å². The smallest absolute Gasteiger partial charge is 0.171 e. The highest BCUT2D eigenvalue weighted by molar-refractivity contribution is 7.80. The van der Waals surface area contributed by atoms with E-state index < -0.39 is 0 Å². The van der Waals surface area contributed by atoms with E-state index in [-0.39, 0.29) is 23.2 Å². The summed E-state index contributed by atoms with van der Waals surface area (Å²) in [7, 11) is 1.64. The van der Waals surface area contributed by atoms with Crippen LogP contribution in [0.25, 0.3) is 0 Å². The van der Waals surface area contributed by atoms with Gasteiger partial charge in [0, 0.05) is 17.7 Å². The van der Waals surface area contributed by atoms with Crippen LogP contribution in [0.15, 0.2) is 36.0 Å². The van der Waals surface area contributed by atoms with Crippen molar-refractivity contribution in [2.45, 2.75) is 26.3 Å².